The van der Waals surface area contributed by atoms with Crippen molar-refractivity contribution in [3.63, 3.8) is 0 Å². The smallest absolute Gasteiger partial charge is 0.263 e. The molecule has 10 heteroatoms. The molecule has 1 heterocycles. The molecule has 2 N–H and O–H groups in total. The second kappa shape index (κ2) is 8.36. The van der Waals surface area contributed by atoms with Gasteiger partial charge in [-0.2, -0.15) is 0 Å². The standard InChI is InChI=1S/C18H15BrN4O4S/c1-27-17-10-16(20-11-21-17)23-28(25,26)13-8-6-12(7-9-13)22-18(24)14-4-2-3-5-15(14)19/h2-11H,1H3,(H,22,24)(H,20,21,23). The number of sulfonamides is 1. The Hall–Kier alpha value is -2.98. The molecule has 0 atom stereocenters. The Morgan fingerprint density at radius 2 is 1.79 bits per heavy atom. The molecule has 0 saturated heterocycles. The van der Waals surface area contributed by atoms with Gasteiger partial charge < -0.3 is 10.1 Å². The zero-order chi connectivity index (χ0) is 20.1. The topological polar surface area (TPSA) is 110 Å². The fourth-order valence-electron chi connectivity index (χ4n) is 2.26. The van der Waals surface area contributed by atoms with E-state index in [9.17, 15) is 13.2 Å². The molecule has 0 aliphatic rings. The summed E-state index contributed by atoms with van der Waals surface area (Å²) >= 11 is 3.32. The molecule has 28 heavy (non-hydrogen) atoms. The second-order valence-electron chi connectivity index (χ2n) is 5.51. The lowest BCUT2D eigenvalue weighted by molar-refractivity contribution is 0.102. The van der Waals surface area contributed by atoms with Crippen LogP contribution in [0, 0.1) is 0 Å². The molecule has 0 saturated carbocycles. The number of amides is 1. The molecule has 8 nitrogen and oxygen atoms in total. The molecule has 0 unspecified atom stereocenters. The first-order valence-electron chi connectivity index (χ1n) is 7.94. The zero-order valence-corrected chi connectivity index (χ0v) is 17.0. The number of carbonyl (C=O) groups excluding carboxylic acids is 1. The van der Waals surface area contributed by atoms with Gasteiger partial charge in [-0.1, -0.05) is 12.1 Å². The van der Waals surface area contributed by atoms with Crippen molar-refractivity contribution < 1.29 is 17.9 Å². The van der Waals surface area contributed by atoms with Crippen LogP contribution in [0.15, 0.2) is 70.3 Å². The molecule has 144 valence electrons. The van der Waals surface area contributed by atoms with Crippen molar-refractivity contribution in [3.8, 4) is 5.88 Å². The molecule has 0 spiro atoms. The largest absolute Gasteiger partial charge is 0.481 e. The van der Waals surface area contributed by atoms with Gasteiger partial charge in [0.1, 0.15) is 12.1 Å². The number of carbonyl (C=O) groups is 1. The third kappa shape index (κ3) is 4.65. The van der Waals surface area contributed by atoms with Crippen LogP contribution in [-0.2, 0) is 10.0 Å². The maximum atomic E-state index is 12.5. The van der Waals surface area contributed by atoms with E-state index in [4.69, 9.17) is 4.74 Å². The zero-order valence-electron chi connectivity index (χ0n) is 14.6. The number of ether oxygens (including phenoxy) is 1. The van der Waals surface area contributed by atoms with Gasteiger partial charge in [0.05, 0.1) is 17.6 Å². The predicted molar refractivity (Wildman–Crippen MR) is 108 cm³/mol. The number of anilines is 2. The highest BCUT2D eigenvalue weighted by Crippen LogP contribution is 2.21. The van der Waals surface area contributed by atoms with Gasteiger partial charge in [0, 0.05) is 16.2 Å². The fraction of sp³-hybridized carbons (Fsp3) is 0.0556. The maximum absolute atomic E-state index is 12.5. The molecule has 2 aromatic carbocycles. The molecular weight excluding hydrogens is 448 g/mol. The monoisotopic (exact) mass is 462 g/mol. The van der Waals surface area contributed by atoms with Gasteiger partial charge in [-0.15, -0.1) is 0 Å². The molecule has 0 aliphatic carbocycles. The van der Waals surface area contributed by atoms with Crippen LogP contribution in [0.3, 0.4) is 0 Å². The number of hydrogen-bond acceptors (Lipinski definition) is 6. The first-order valence-corrected chi connectivity index (χ1v) is 10.2. The lowest BCUT2D eigenvalue weighted by atomic mass is 10.2. The third-order valence-corrected chi connectivity index (χ3v) is 5.69. The van der Waals surface area contributed by atoms with Crippen molar-refractivity contribution in [2.24, 2.45) is 0 Å². The van der Waals surface area contributed by atoms with Gasteiger partial charge in [0.25, 0.3) is 15.9 Å². The van der Waals surface area contributed by atoms with Gasteiger partial charge in [-0.05, 0) is 52.3 Å². The van der Waals surface area contributed by atoms with Gasteiger partial charge in [-0.25, -0.2) is 18.4 Å². The van der Waals surface area contributed by atoms with Crippen molar-refractivity contribution in [1.29, 1.82) is 0 Å². The van der Waals surface area contributed by atoms with Crippen molar-refractivity contribution in [2.75, 3.05) is 17.1 Å². The van der Waals surface area contributed by atoms with Crippen LogP contribution in [0.4, 0.5) is 11.5 Å². The lowest BCUT2D eigenvalue weighted by Gasteiger charge is -2.10. The SMILES string of the molecule is COc1cc(NS(=O)(=O)c2ccc(NC(=O)c3ccccc3Br)cc2)ncn1. The number of rotatable bonds is 6. The summed E-state index contributed by atoms with van der Waals surface area (Å²) in [5.41, 5.74) is 0.932. The Bertz CT molecular complexity index is 1100. The van der Waals surface area contributed by atoms with Gasteiger partial charge in [0.2, 0.25) is 5.88 Å². The van der Waals surface area contributed by atoms with Crippen molar-refractivity contribution in [3.05, 3.63) is 71.0 Å². The van der Waals surface area contributed by atoms with Gasteiger partial charge in [0.15, 0.2) is 0 Å². The average molecular weight is 463 g/mol. The molecule has 0 bridgehead atoms. The van der Waals surface area contributed by atoms with Crippen LogP contribution in [0.2, 0.25) is 0 Å². The minimum Gasteiger partial charge on any atom is -0.481 e. The van der Waals surface area contributed by atoms with E-state index in [1.54, 1.807) is 24.3 Å². The first-order chi connectivity index (χ1) is 13.4. The number of benzene rings is 2. The maximum Gasteiger partial charge on any atom is 0.263 e. The minimum absolute atomic E-state index is 0.0176. The van der Waals surface area contributed by atoms with Crippen LogP contribution in [0.25, 0.3) is 0 Å². The molecule has 3 rings (SSSR count). The van der Waals surface area contributed by atoms with Crippen LogP contribution < -0.4 is 14.8 Å². The van der Waals surface area contributed by atoms with E-state index < -0.39 is 10.0 Å². The van der Waals surface area contributed by atoms with E-state index >= 15 is 0 Å². The highest BCUT2D eigenvalue weighted by Gasteiger charge is 2.16. The number of nitrogens with one attached hydrogen (secondary N) is 2. The van der Waals surface area contributed by atoms with Crippen LogP contribution in [0.5, 0.6) is 5.88 Å². The average Bonchev–Trinajstić information content (AvgIpc) is 2.68. The Morgan fingerprint density at radius 1 is 1.07 bits per heavy atom. The van der Waals surface area contributed by atoms with Crippen LogP contribution in [-0.4, -0.2) is 31.4 Å². The summed E-state index contributed by atoms with van der Waals surface area (Å²) in [6.07, 6.45) is 1.19. The summed E-state index contributed by atoms with van der Waals surface area (Å²) in [4.78, 5) is 20.0. The van der Waals surface area contributed by atoms with E-state index in [1.807, 2.05) is 0 Å². The molecule has 3 aromatic rings. The predicted octanol–water partition coefficient (Wildman–Crippen LogP) is 3.30. The highest BCUT2D eigenvalue weighted by atomic mass is 79.9. The molecule has 0 fully saturated rings. The van der Waals surface area contributed by atoms with Gasteiger partial charge in [-0.3, -0.25) is 9.52 Å². The summed E-state index contributed by atoms with van der Waals surface area (Å²) in [7, 11) is -2.44. The fourth-order valence-corrected chi connectivity index (χ4v) is 3.73. The Morgan fingerprint density at radius 3 is 2.46 bits per heavy atom. The first kappa shape index (κ1) is 19.8. The minimum atomic E-state index is -3.86. The van der Waals surface area contributed by atoms with Gasteiger partial charge >= 0.3 is 0 Å². The lowest BCUT2D eigenvalue weighted by Crippen LogP contribution is -2.15. The molecule has 1 aromatic heterocycles. The number of halogens is 1. The van der Waals surface area contributed by atoms with E-state index in [2.05, 4.69) is 35.9 Å². The summed E-state index contributed by atoms with van der Waals surface area (Å²) in [5, 5.41) is 2.72. The quantitative estimate of drug-likeness (QED) is 0.581. The summed E-state index contributed by atoms with van der Waals surface area (Å²) < 4.78 is 32.9. The van der Waals surface area contributed by atoms with Crippen molar-refractivity contribution in [1.82, 2.24) is 9.97 Å². The summed E-state index contributed by atoms with van der Waals surface area (Å²) in [6, 6.07) is 14.1. The molecular formula is C18H15BrN4O4S. The van der Waals surface area contributed by atoms with Crippen molar-refractivity contribution >= 4 is 43.4 Å². The highest BCUT2D eigenvalue weighted by molar-refractivity contribution is 9.10. The molecule has 1 amide bonds. The van der Waals surface area contributed by atoms with Crippen LogP contribution in [0.1, 0.15) is 10.4 Å². The van der Waals surface area contributed by atoms with E-state index in [0.717, 1.165) is 0 Å². The molecule has 0 radical (unpaired) electrons. The van der Waals surface area contributed by atoms with Crippen LogP contribution >= 0.6 is 15.9 Å². The Balaban J connectivity index is 1.74. The third-order valence-electron chi connectivity index (χ3n) is 3.63. The van der Waals surface area contributed by atoms with E-state index in [1.165, 1.54) is 43.8 Å². The van der Waals surface area contributed by atoms with Crippen molar-refractivity contribution in [2.45, 2.75) is 4.90 Å². The Kier molecular flexibility index (Phi) is 5.90. The summed E-state index contributed by atoms with van der Waals surface area (Å²) in [5.74, 6) is 0.00489. The van der Waals surface area contributed by atoms with E-state index in [-0.39, 0.29) is 22.5 Å². The summed E-state index contributed by atoms with van der Waals surface area (Å²) in [6.45, 7) is 0. The van der Waals surface area contributed by atoms with E-state index in [0.29, 0.717) is 15.7 Å². The second-order valence-corrected chi connectivity index (χ2v) is 8.05. The number of nitrogens with zero attached hydrogens (tertiary/aromatic N) is 2. The Labute approximate surface area is 170 Å². The number of methoxy groups -OCH3 is 1. The molecule has 0 aliphatic heterocycles. The number of aromatic nitrogens is 2. The number of hydrogen-bond donors (Lipinski definition) is 2. The normalized spacial score (nSPS) is 10.9.